The number of benzene rings is 1. The van der Waals surface area contributed by atoms with E-state index in [1.54, 1.807) is 0 Å². The fourth-order valence-electron chi connectivity index (χ4n) is 2.21. The number of hydrogen-bond acceptors (Lipinski definition) is 3. The number of ether oxygens (including phenoxy) is 1. The monoisotopic (exact) mass is 351 g/mol. The van der Waals surface area contributed by atoms with E-state index in [4.69, 9.17) is 4.74 Å². The molecule has 0 atom stereocenters. The fourth-order valence-corrected chi connectivity index (χ4v) is 2.71. The van der Waals surface area contributed by atoms with Gasteiger partial charge in [-0.05, 0) is 50.2 Å². The van der Waals surface area contributed by atoms with Crippen LogP contribution in [0.2, 0.25) is 0 Å². The van der Waals surface area contributed by atoms with Gasteiger partial charge in [0, 0.05) is 26.2 Å². The Morgan fingerprint density at radius 3 is 2.67 bits per heavy atom. The summed E-state index contributed by atoms with van der Waals surface area (Å²) in [5, 5.41) is 6.68. The van der Waals surface area contributed by atoms with Gasteiger partial charge < -0.3 is 15.4 Å². The van der Waals surface area contributed by atoms with Crippen LogP contribution in [0.4, 0.5) is 0 Å². The molecule has 0 heterocycles. The predicted molar refractivity (Wildman–Crippen MR) is 107 cm³/mol. The maximum atomic E-state index is 5.69. The first-order valence-electron chi connectivity index (χ1n) is 8.99. The second kappa shape index (κ2) is 15.3. The molecule has 0 aliphatic carbocycles. The van der Waals surface area contributed by atoms with E-state index in [2.05, 4.69) is 53.1 Å². The molecule has 0 radical (unpaired) electrons. The fraction of sp³-hybridized carbons (Fsp3) is 0.632. The van der Waals surface area contributed by atoms with E-state index in [1.807, 2.05) is 17.8 Å². The van der Waals surface area contributed by atoms with Crippen molar-refractivity contribution in [3.8, 4) is 0 Å². The van der Waals surface area contributed by atoms with Gasteiger partial charge in [0.1, 0.15) is 0 Å². The highest BCUT2D eigenvalue weighted by Crippen LogP contribution is 2.00. The molecular formula is C19H33N3OS. The van der Waals surface area contributed by atoms with Crippen LogP contribution in [0.3, 0.4) is 0 Å². The van der Waals surface area contributed by atoms with Crippen molar-refractivity contribution < 1.29 is 4.74 Å². The Kier molecular flexibility index (Phi) is 13.3. The summed E-state index contributed by atoms with van der Waals surface area (Å²) in [6, 6.07) is 10.5. The standard InChI is InChI=1S/C19H33N3OS/c1-3-20-19(21-13-7-8-17-24-2)22-14-9-15-23-16-12-18-10-5-4-6-11-18/h4-6,10-11H,3,7-9,12-17H2,1-2H3,(H2,20,21,22). The van der Waals surface area contributed by atoms with Crippen LogP contribution >= 0.6 is 11.8 Å². The third kappa shape index (κ3) is 11.4. The quantitative estimate of drug-likeness (QED) is 0.325. The van der Waals surface area contributed by atoms with Crippen molar-refractivity contribution in [1.29, 1.82) is 0 Å². The predicted octanol–water partition coefficient (Wildman–Crippen LogP) is 3.33. The highest BCUT2D eigenvalue weighted by Gasteiger charge is 1.97. The van der Waals surface area contributed by atoms with Crippen LogP contribution in [-0.4, -0.2) is 50.8 Å². The van der Waals surface area contributed by atoms with Gasteiger partial charge in [-0.15, -0.1) is 0 Å². The third-order valence-corrected chi connectivity index (χ3v) is 4.20. The minimum Gasteiger partial charge on any atom is -0.381 e. The van der Waals surface area contributed by atoms with E-state index in [-0.39, 0.29) is 0 Å². The molecule has 0 saturated carbocycles. The maximum Gasteiger partial charge on any atom is 0.191 e. The van der Waals surface area contributed by atoms with Crippen molar-refractivity contribution in [1.82, 2.24) is 10.6 Å². The first kappa shape index (κ1) is 20.8. The first-order chi connectivity index (χ1) is 11.9. The highest BCUT2D eigenvalue weighted by atomic mass is 32.2. The van der Waals surface area contributed by atoms with Gasteiger partial charge >= 0.3 is 0 Å². The van der Waals surface area contributed by atoms with E-state index in [0.717, 1.165) is 51.6 Å². The van der Waals surface area contributed by atoms with Crippen LogP contribution in [0.15, 0.2) is 35.3 Å². The van der Waals surface area contributed by atoms with E-state index >= 15 is 0 Å². The Labute approximate surface area is 151 Å². The summed E-state index contributed by atoms with van der Waals surface area (Å²) >= 11 is 1.90. The summed E-state index contributed by atoms with van der Waals surface area (Å²) in [5.41, 5.74) is 1.33. The van der Waals surface area contributed by atoms with Crippen LogP contribution < -0.4 is 10.6 Å². The summed E-state index contributed by atoms with van der Waals surface area (Å²) in [6.45, 7) is 6.32. The van der Waals surface area contributed by atoms with Gasteiger partial charge in [-0.2, -0.15) is 11.8 Å². The zero-order chi connectivity index (χ0) is 17.3. The molecule has 5 heteroatoms. The average Bonchev–Trinajstić information content (AvgIpc) is 2.61. The minimum atomic E-state index is 0.767. The lowest BCUT2D eigenvalue weighted by Crippen LogP contribution is -2.38. The Morgan fingerprint density at radius 2 is 1.92 bits per heavy atom. The minimum absolute atomic E-state index is 0.767. The number of unbranched alkanes of at least 4 members (excludes halogenated alkanes) is 1. The second-order valence-electron chi connectivity index (χ2n) is 5.59. The smallest absolute Gasteiger partial charge is 0.191 e. The summed E-state index contributed by atoms with van der Waals surface area (Å²) in [6.07, 6.45) is 6.53. The number of rotatable bonds is 13. The first-order valence-corrected chi connectivity index (χ1v) is 10.4. The van der Waals surface area contributed by atoms with Crippen LogP contribution in [0.25, 0.3) is 0 Å². The molecule has 0 unspecified atom stereocenters. The number of nitrogens with one attached hydrogen (secondary N) is 2. The molecule has 1 aromatic rings. The molecule has 0 aromatic heterocycles. The maximum absolute atomic E-state index is 5.69. The molecule has 4 nitrogen and oxygen atoms in total. The Balaban J connectivity index is 2.06. The van der Waals surface area contributed by atoms with Crippen LogP contribution in [0.1, 0.15) is 31.7 Å². The second-order valence-corrected chi connectivity index (χ2v) is 6.57. The number of nitrogens with zero attached hydrogens (tertiary/aromatic N) is 1. The Hall–Kier alpha value is -1.20. The van der Waals surface area contributed by atoms with E-state index in [0.29, 0.717) is 0 Å². The molecule has 136 valence electrons. The molecule has 0 saturated heterocycles. The number of guanidine groups is 1. The van der Waals surface area contributed by atoms with E-state index in [1.165, 1.54) is 24.2 Å². The Bertz CT molecular complexity index is 426. The lowest BCUT2D eigenvalue weighted by atomic mass is 10.2. The van der Waals surface area contributed by atoms with E-state index < -0.39 is 0 Å². The third-order valence-electron chi connectivity index (χ3n) is 3.51. The molecule has 0 aliphatic heterocycles. The molecule has 0 bridgehead atoms. The van der Waals surface area contributed by atoms with Crippen molar-refractivity contribution in [2.75, 3.05) is 44.9 Å². The lowest BCUT2D eigenvalue weighted by molar-refractivity contribution is 0.136. The van der Waals surface area contributed by atoms with Gasteiger partial charge in [0.2, 0.25) is 0 Å². The molecular weight excluding hydrogens is 318 g/mol. The molecule has 1 aromatic carbocycles. The zero-order valence-corrected chi connectivity index (χ0v) is 16.0. The number of thioether (sulfide) groups is 1. The summed E-state index contributed by atoms with van der Waals surface area (Å²) in [5.74, 6) is 2.15. The average molecular weight is 352 g/mol. The number of aliphatic imine (C=N–C) groups is 1. The molecule has 0 fully saturated rings. The van der Waals surface area contributed by atoms with Crippen LogP contribution in [0.5, 0.6) is 0 Å². The molecule has 2 N–H and O–H groups in total. The molecule has 0 aliphatic rings. The zero-order valence-electron chi connectivity index (χ0n) is 15.2. The van der Waals surface area contributed by atoms with Gasteiger partial charge in [0.15, 0.2) is 5.96 Å². The topological polar surface area (TPSA) is 45.7 Å². The van der Waals surface area contributed by atoms with Gasteiger partial charge in [-0.25, -0.2) is 0 Å². The van der Waals surface area contributed by atoms with E-state index in [9.17, 15) is 0 Å². The van der Waals surface area contributed by atoms with Crippen molar-refractivity contribution in [3.05, 3.63) is 35.9 Å². The van der Waals surface area contributed by atoms with Crippen molar-refractivity contribution in [2.45, 2.75) is 32.6 Å². The van der Waals surface area contributed by atoms with Gasteiger partial charge in [0.05, 0.1) is 6.61 Å². The molecule has 0 spiro atoms. The summed E-state index contributed by atoms with van der Waals surface area (Å²) in [7, 11) is 0. The van der Waals surface area contributed by atoms with Gasteiger partial charge in [-0.1, -0.05) is 30.3 Å². The van der Waals surface area contributed by atoms with Crippen LogP contribution in [0, 0.1) is 0 Å². The SMILES string of the molecule is CCNC(=NCCCOCCc1ccccc1)NCCCCSC. The summed E-state index contributed by atoms with van der Waals surface area (Å²) in [4.78, 5) is 4.60. The van der Waals surface area contributed by atoms with Gasteiger partial charge in [-0.3, -0.25) is 4.99 Å². The van der Waals surface area contributed by atoms with Gasteiger partial charge in [0.25, 0.3) is 0 Å². The highest BCUT2D eigenvalue weighted by molar-refractivity contribution is 7.98. The lowest BCUT2D eigenvalue weighted by Gasteiger charge is -2.11. The van der Waals surface area contributed by atoms with Crippen LogP contribution in [-0.2, 0) is 11.2 Å². The normalized spacial score (nSPS) is 11.5. The number of hydrogen-bond donors (Lipinski definition) is 2. The molecule has 1 rings (SSSR count). The summed E-state index contributed by atoms with van der Waals surface area (Å²) < 4.78 is 5.69. The molecule has 24 heavy (non-hydrogen) atoms. The Morgan fingerprint density at radius 1 is 1.08 bits per heavy atom. The van der Waals surface area contributed by atoms with Crippen molar-refractivity contribution in [3.63, 3.8) is 0 Å². The largest absolute Gasteiger partial charge is 0.381 e. The van der Waals surface area contributed by atoms with Crippen molar-refractivity contribution >= 4 is 17.7 Å². The van der Waals surface area contributed by atoms with Crippen molar-refractivity contribution in [2.24, 2.45) is 4.99 Å². The molecule has 0 amide bonds.